The zero-order valence-electron chi connectivity index (χ0n) is 20.1. The Morgan fingerprint density at radius 3 is 2.36 bits per heavy atom. The fourth-order valence-corrected chi connectivity index (χ4v) is 4.17. The average Bonchev–Trinajstić information content (AvgIpc) is 3.04. The first-order chi connectivity index (χ1) is 15.7. The Morgan fingerprint density at radius 1 is 1.03 bits per heavy atom. The number of carbonyl (C=O) groups is 2. The summed E-state index contributed by atoms with van der Waals surface area (Å²) >= 11 is 0. The normalized spacial score (nSPS) is 17.7. The molecule has 2 aromatic carbocycles. The first kappa shape index (κ1) is 24.3. The molecular weight excluding hydrogens is 420 g/mol. The Hall–Kier alpha value is -3.32. The molecule has 1 saturated heterocycles. The third-order valence-corrected chi connectivity index (χ3v) is 5.92. The van der Waals surface area contributed by atoms with E-state index in [4.69, 9.17) is 9.47 Å². The Balaban J connectivity index is 2.19. The molecule has 3 rings (SSSR count). The molecule has 1 N–H and O–H groups in total. The van der Waals surface area contributed by atoms with Crippen molar-refractivity contribution in [1.82, 2.24) is 9.80 Å². The van der Waals surface area contributed by atoms with Gasteiger partial charge in [0, 0.05) is 12.1 Å². The van der Waals surface area contributed by atoms with E-state index in [0.717, 1.165) is 17.7 Å². The number of hydrogen-bond acceptors (Lipinski definition) is 6. The summed E-state index contributed by atoms with van der Waals surface area (Å²) < 4.78 is 10.8. The van der Waals surface area contributed by atoms with Crippen molar-refractivity contribution in [3.63, 3.8) is 0 Å². The van der Waals surface area contributed by atoms with Gasteiger partial charge in [-0.05, 0) is 70.2 Å². The minimum atomic E-state index is -0.730. The summed E-state index contributed by atoms with van der Waals surface area (Å²) in [5, 5.41) is 11.3. The standard InChI is InChI=1S/C26H32N2O5/c1-16-8-9-17(2)19(14-16)24(29)22-23(18-10-11-20(32-5)21(15-18)33-6)28(26(31)25(22)30)13-7-12-27(3)4/h8-11,14-15,23,29H,7,12-13H2,1-6H3/b24-22+. The minimum absolute atomic E-state index is 0.0887. The van der Waals surface area contributed by atoms with Crippen LogP contribution in [0.3, 0.4) is 0 Å². The molecule has 7 nitrogen and oxygen atoms in total. The molecule has 0 spiro atoms. The number of aryl methyl sites for hydroxylation is 2. The van der Waals surface area contributed by atoms with Gasteiger partial charge in [-0.1, -0.05) is 23.8 Å². The summed E-state index contributed by atoms with van der Waals surface area (Å²) in [4.78, 5) is 29.9. The van der Waals surface area contributed by atoms with Gasteiger partial charge in [0.05, 0.1) is 25.8 Å². The van der Waals surface area contributed by atoms with Crippen LogP contribution in [-0.4, -0.2) is 68.0 Å². The maximum Gasteiger partial charge on any atom is 0.295 e. The lowest BCUT2D eigenvalue weighted by Gasteiger charge is -2.26. The lowest BCUT2D eigenvalue weighted by atomic mass is 9.93. The van der Waals surface area contributed by atoms with Crippen LogP contribution in [0.4, 0.5) is 0 Å². The quantitative estimate of drug-likeness (QED) is 0.374. The van der Waals surface area contributed by atoms with E-state index in [1.165, 1.54) is 7.11 Å². The maximum absolute atomic E-state index is 13.2. The number of methoxy groups -OCH3 is 2. The molecule has 176 valence electrons. The third kappa shape index (κ3) is 4.88. The van der Waals surface area contributed by atoms with Crippen molar-refractivity contribution in [2.45, 2.75) is 26.3 Å². The highest BCUT2D eigenvalue weighted by molar-refractivity contribution is 6.46. The van der Waals surface area contributed by atoms with Crippen molar-refractivity contribution >= 4 is 17.4 Å². The molecule has 0 bridgehead atoms. The van der Waals surface area contributed by atoms with Gasteiger partial charge in [-0.25, -0.2) is 0 Å². The predicted molar refractivity (Wildman–Crippen MR) is 128 cm³/mol. The number of ketones is 1. The molecule has 1 heterocycles. The lowest BCUT2D eigenvalue weighted by molar-refractivity contribution is -0.139. The molecule has 0 aliphatic carbocycles. The van der Waals surface area contributed by atoms with Crippen molar-refractivity contribution in [3.8, 4) is 11.5 Å². The zero-order chi connectivity index (χ0) is 24.3. The number of carbonyl (C=O) groups excluding carboxylic acids is 2. The second-order valence-electron chi connectivity index (χ2n) is 8.58. The number of amides is 1. The van der Waals surface area contributed by atoms with E-state index in [-0.39, 0.29) is 11.3 Å². The van der Waals surface area contributed by atoms with Crippen LogP contribution in [0.5, 0.6) is 11.5 Å². The van der Waals surface area contributed by atoms with Gasteiger partial charge in [0.2, 0.25) is 0 Å². The van der Waals surface area contributed by atoms with Crippen molar-refractivity contribution in [2.75, 3.05) is 41.4 Å². The number of aliphatic hydroxyl groups is 1. The van der Waals surface area contributed by atoms with Crippen LogP contribution in [0.25, 0.3) is 5.76 Å². The summed E-state index contributed by atoms with van der Waals surface area (Å²) in [6.45, 7) is 4.93. The van der Waals surface area contributed by atoms with E-state index >= 15 is 0 Å². The number of ether oxygens (including phenoxy) is 2. The molecule has 7 heteroatoms. The van der Waals surface area contributed by atoms with Gasteiger partial charge in [-0.3, -0.25) is 9.59 Å². The number of hydrogen-bond donors (Lipinski definition) is 1. The molecule has 0 saturated carbocycles. The van der Waals surface area contributed by atoms with Crippen LogP contribution in [0.2, 0.25) is 0 Å². The first-order valence-electron chi connectivity index (χ1n) is 10.9. The van der Waals surface area contributed by atoms with E-state index in [2.05, 4.69) is 0 Å². The Labute approximate surface area is 195 Å². The number of likely N-dealkylation sites (tertiary alicyclic amines) is 1. The average molecular weight is 453 g/mol. The smallest absolute Gasteiger partial charge is 0.295 e. The van der Waals surface area contributed by atoms with E-state index in [9.17, 15) is 14.7 Å². The molecule has 33 heavy (non-hydrogen) atoms. The summed E-state index contributed by atoms with van der Waals surface area (Å²) in [5.41, 5.74) is 3.08. The summed E-state index contributed by atoms with van der Waals surface area (Å²) in [7, 11) is 7.00. The van der Waals surface area contributed by atoms with Crippen LogP contribution in [0, 0.1) is 13.8 Å². The molecule has 1 amide bonds. The SMILES string of the molecule is COc1ccc(C2/C(=C(\O)c3cc(C)ccc3C)C(=O)C(=O)N2CCCN(C)C)cc1OC. The molecule has 1 unspecified atom stereocenters. The Kier molecular flexibility index (Phi) is 7.43. The topological polar surface area (TPSA) is 79.3 Å². The highest BCUT2D eigenvalue weighted by Crippen LogP contribution is 2.42. The third-order valence-electron chi connectivity index (χ3n) is 5.92. The fraction of sp³-hybridized carbons (Fsp3) is 0.385. The predicted octanol–water partition coefficient (Wildman–Crippen LogP) is 3.69. The zero-order valence-corrected chi connectivity index (χ0v) is 20.1. The molecular formula is C26H32N2O5. The van der Waals surface area contributed by atoms with Crippen LogP contribution < -0.4 is 9.47 Å². The van der Waals surface area contributed by atoms with Crippen LogP contribution >= 0.6 is 0 Å². The van der Waals surface area contributed by atoms with Crippen molar-refractivity contribution in [1.29, 1.82) is 0 Å². The summed E-state index contributed by atoms with van der Waals surface area (Å²) in [6, 6.07) is 10.2. The number of benzene rings is 2. The number of aliphatic hydroxyl groups excluding tert-OH is 1. The van der Waals surface area contributed by atoms with E-state index in [0.29, 0.717) is 35.6 Å². The first-order valence-corrected chi connectivity index (χ1v) is 10.9. The minimum Gasteiger partial charge on any atom is -0.507 e. The van der Waals surface area contributed by atoms with Crippen LogP contribution in [0.15, 0.2) is 42.0 Å². The van der Waals surface area contributed by atoms with Crippen molar-refractivity contribution in [3.05, 3.63) is 64.2 Å². The van der Waals surface area contributed by atoms with E-state index in [1.807, 2.05) is 51.0 Å². The molecule has 1 aliphatic rings. The van der Waals surface area contributed by atoms with Crippen LogP contribution in [-0.2, 0) is 9.59 Å². The van der Waals surface area contributed by atoms with E-state index in [1.54, 1.807) is 30.2 Å². The highest BCUT2D eigenvalue weighted by atomic mass is 16.5. The second-order valence-corrected chi connectivity index (χ2v) is 8.58. The van der Waals surface area contributed by atoms with Gasteiger partial charge in [-0.2, -0.15) is 0 Å². The largest absolute Gasteiger partial charge is 0.507 e. The van der Waals surface area contributed by atoms with Gasteiger partial charge >= 0.3 is 0 Å². The molecule has 0 radical (unpaired) electrons. The van der Waals surface area contributed by atoms with E-state index < -0.39 is 17.7 Å². The van der Waals surface area contributed by atoms with Crippen molar-refractivity contribution < 1.29 is 24.2 Å². The molecule has 1 fully saturated rings. The van der Waals surface area contributed by atoms with Gasteiger partial charge in [0.1, 0.15) is 5.76 Å². The molecule has 1 aliphatic heterocycles. The van der Waals surface area contributed by atoms with Crippen LogP contribution in [0.1, 0.15) is 34.7 Å². The second kappa shape index (κ2) is 10.1. The monoisotopic (exact) mass is 452 g/mol. The number of nitrogens with zero attached hydrogens (tertiary/aromatic N) is 2. The van der Waals surface area contributed by atoms with Gasteiger partial charge in [-0.15, -0.1) is 0 Å². The Bertz CT molecular complexity index is 1090. The maximum atomic E-state index is 13.2. The van der Waals surface area contributed by atoms with Gasteiger partial charge in [0.15, 0.2) is 11.5 Å². The molecule has 0 aromatic heterocycles. The van der Waals surface area contributed by atoms with Crippen molar-refractivity contribution in [2.24, 2.45) is 0 Å². The van der Waals surface area contributed by atoms with Gasteiger partial charge < -0.3 is 24.4 Å². The summed E-state index contributed by atoms with van der Waals surface area (Å²) in [5.74, 6) is -0.427. The highest BCUT2D eigenvalue weighted by Gasteiger charge is 2.46. The molecule has 1 atom stereocenters. The fourth-order valence-electron chi connectivity index (χ4n) is 4.17. The molecule has 2 aromatic rings. The lowest BCUT2D eigenvalue weighted by Crippen LogP contribution is -2.32. The number of rotatable bonds is 8. The summed E-state index contributed by atoms with van der Waals surface area (Å²) in [6.07, 6.45) is 0.688. The number of Topliss-reactive ketones (excluding diaryl/α,β-unsaturated/α-hetero) is 1. The Morgan fingerprint density at radius 2 is 1.73 bits per heavy atom. The van der Waals surface area contributed by atoms with Gasteiger partial charge in [0.25, 0.3) is 11.7 Å².